The third kappa shape index (κ3) is 3.68. The SMILES string of the molecule is CSC1=NC(c2ccccc2)(c2ccccc2)C(=NC(C)(C)C)N1C(C)C. The second kappa shape index (κ2) is 7.51. The Bertz CT molecular complexity index is 793. The van der Waals surface area contributed by atoms with Crippen LogP contribution < -0.4 is 0 Å². The Hall–Kier alpha value is -2.07. The van der Waals surface area contributed by atoms with Gasteiger partial charge in [-0.25, -0.2) is 4.99 Å². The van der Waals surface area contributed by atoms with E-state index in [2.05, 4.69) is 106 Å². The summed E-state index contributed by atoms with van der Waals surface area (Å²) in [4.78, 5) is 12.9. The smallest absolute Gasteiger partial charge is 0.171 e. The first-order chi connectivity index (χ1) is 12.8. The van der Waals surface area contributed by atoms with Crippen molar-refractivity contribution in [1.29, 1.82) is 0 Å². The van der Waals surface area contributed by atoms with Gasteiger partial charge in [-0.3, -0.25) is 4.99 Å². The van der Waals surface area contributed by atoms with Crippen LogP contribution in [-0.4, -0.2) is 33.7 Å². The first-order valence-electron chi connectivity index (χ1n) is 9.44. The summed E-state index contributed by atoms with van der Waals surface area (Å²) in [6.07, 6.45) is 2.09. The number of hydrogen-bond donors (Lipinski definition) is 0. The lowest BCUT2D eigenvalue weighted by molar-refractivity contribution is 0.479. The molecule has 1 heterocycles. The van der Waals surface area contributed by atoms with E-state index in [1.807, 2.05) is 0 Å². The summed E-state index contributed by atoms with van der Waals surface area (Å²) in [7, 11) is 0. The molecule has 0 aliphatic carbocycles. The van der Waals surface area contributed by atoms with E-state index in [4.69, 9.17) is 9.98 Å². The fraction of sp³-hybridized carbons (Fsp3) is 0.391. The molecule has 1 aliphatic heterocycles. The topological polar surface area (TPSA) is 28.0 Å². The average molecular weight is 380 g/mol. The minimum Gasteiger partial charge on any atom is -0.304 e. The van der Waals surface area contributed by atoms with Crippen molar-refractivity contribution in [2.24, 2.45) is 9.98 Å². The molecule has 0 N–H and O–H groups in total. The maximum Gasteiger partial charge on any atom is 0.171 e. The Kier molecular flexibility index (Phi) is 5.48. The fourth-order valence-electron chi connectivity index (χ4n) is 3.49. The summed E-state index contributed by atoms with van der Waals surface area (Å²) in [5.41, 5.74) is 1.46. The molecule has 0 unspecified atom stereocenters. The second-order valence-electron chi connectivity index (χ2n) is 8.11. The Morgan fingerprint density at radius 2 is 1.41 bits per heavy atom. The molecule has 3 rings (SSSR count). The summed E-state index contributed by atoms with van der Waals surface area (Å²) >= 11 is 1.69. The molecule has 1 aliphatic rings. The van der Waals surface area contributed by atoms with Crippen molar-refractivity contribution in [2.45, 2.75) is 51.7 Å². The second-order valence-corrected chi connectivity index (χ2v) is 8.88. The van der Waals surface area contributed by atoms with E-state index < -0.39 is 5.54 Å². The Morgan fingerprint density at radius 1 is 0.926 bits per heavy atom. The molecule has 2 aromatic carbocycles. The molecule has 0 aromatic heterocycles. The van der Waals surface area contributed by atoms with Gasteiger partial charge < -0.3 is 4.90 Å². The van der Waals surface area contributed by atoms with E-state index in [0.717, 1.165) is 22.1 Å². The molecule has 4 heteroatoms. The number of thioether (sulfide) groups is 1. The Labute approximate surface area is 167 Å². The van der Waals surface area contributed by atoms with Crippen molar-refractivity contribution in [3.8, 4) is 0 Å². The average Bonchev–Trinajstić information content (AvgIpc) is 2.97. The highest BCUT2D eigenvalue weighted by molar-refractivity contribution is 8.13. The van der Waals surface area contributed by atoms with Gasteiger partial charge in [-0.15, -0.1) is 0 Å². The van der Waals surface area contributed by atoms with Crippen LogP contribution in [0.1, 0.15) is 45.7 Å². The third-order valence-electron chi connectivity index (χ3n) is 4.54. The maximum absolute atomic E-state index is 5.32. The van der Waals surface area contributed by atoms with Crippen molar-refractivity contribution in [3.63, 3.8) is 0 Å². The molecule has 0 amide bonds. The molecule has 0 atom stereocenters. The molecule has 27 heavy (non-hydrogen) atoms. The Morgan fingerprint density at radius 3 is 1.78 bits per heavy atom. The van der Waals surface area contributed by atoms with E-state index in [1.54, 1.807) is 11.8 Å². The first kappa shape index (κ1) is 19.7. The molecule has 0 spiro atoms. The number of amidine groups is 2. The van der Waals surface area contributed by atoms with Gasteiger partial charge in [-0.1, -0.05) is 72.4 Å². The lowest BCUT2D eigenvalue weighted by Crippen LogP contribution is -2.46. The first-order valence-corrected chi connectivity index (χ1v) is 10.7. The number of hydrogen-bond acceptors (Lipinski definition) is 3. The number of rotatable bonds is 3. The molecule has 3 nitrogen and oxygen atoms in total. The molecule has 2 aromatic rings. The quantitative estimate of drug-likeness (QED) is 0.697. The minimum atomic E-state index is -0.627. The van der Waals surface area contributed by atoms with Gasteiger partial charge in [0.15, 0.2) is 10.7 Å². The van der Waals surface area contributed by atoms with Gasteiger partial charge in [0.25, 0.3) is 0 Å². The summed E-state index contributed by atoms with van der Waals surface area (Å²) in [6, 6.07) is 21.4. The summed E-state index contributed by atoms with van der Waals surface area (Å²) in [6.45, 7) is 10.9. The van der Waals surface area contributed by atoms with Crippen LogP contribution in [0.3, 0.4) is 0 Å². The molecular weight excluding hydrogens is 350 g/mol. The molecule has 0 bridgehead atoms. The van der Waals surface area contributed by atoms with E-state index in [9.17, 15) is 0 Å². The molecule has 0 fully saturated rings. The summed E-state index contributed by atoms with van der Waals surface area (Å²) < 4.78 is 0. The normalized spacial score (nSPS) is 18.3. The van der Waals surface area contributed by atoms with E-state index in [1.165, 1.54) is 0 Å². The largest absolute Gasteiger partial charge is 0.304 e. The highest BCUT2D eigenvalue weighted by Crippen LogP contribution is 2.43. The van der Waals surface area contributed by atoms with Crippen molar-refractivity contribution in [1.82, 2.24) is 4.90 Å². The van der Waals surface area contributed by atoms with Crippen molar-refractivity contribution in [3.05, 3.63) is 71.8 Å². The van der Waals surface area contributed by atoms with Crippen LogP contribution >= 0.6 is 11.8 Å². The zero-order chi connectivity index (χ0) is 19.7. The van der Waals surface area contributed by atoms with Crippen LogP contribution in [-0.2, 0) is 5.54 Å². The minimum absolute atomic E-state index is 0.208. The van der Waals surface area contributed by atoms with Gasteiger partial charge in [0, 0.05) is 6.04 Å². The zero-order valence-electron chi connectivity index (χ0n) is 17.1. The number of nitrogens with zero attached hydrogens (tertiary/aromatic N) is 3. The molecular formula is C23H29N3S. The van der Waals surface area contributed by atoms with Crippen LogP contribution in [0.15, 0.2) is 70.6 Å². The van der Waals surface area contributed by atoms with Gasteiger partial charge in [-0.2, -0.15) is 0 Å². The van der Waals surface area contributed by atoms with Crippen LogP contribution in [0.25, 0.3) is 0 Å². The zero-order valence-corrected chi connectivity index (χ0v) is 17.9. The van der Waals surface area contributed by atoms with Crippen molar-refractivity contribution >= 4 is 22.8 Å². The molecule has 0 radical (unpaired) electrons. The maximum atomic E-state index is 5.32. The number of aliphatic imine (C=N–C) groups is 2. The highest BCUT2D eigenvalue weighted by atomic mass is 32.2. The summed E-state index contributed by atoms with van der Waals surface area (Å²) in [5.74, 6) is 1.01. The van der Waals surface area contributed by atoms with Gasteiger partial charge >= 0.3 is 0 Å². The van der Waals surface area contributed by atoms with Crippen LogP contribution in [0.5, 0.6) is 0 Å². The van der Waals surface area contributed by atoms with E-state index >= 15 is 0 Å². The van der Waals surface area contributed by atoms with Crippen molar-refractivity contribution < 1.29 is 0 Å². The van der Waals surface area contributed by atoms with Crippen LogP contribution in [0.4, 0.5) is 0 Å². The van der Waals surface area contributed by atoms with Gasteiger partial charge in [0.2, 0.25) is 0 Å². The molecule has 0 saturated heterocycles. The van der Waals surface area contributed by atoms with Crippen molar-refractivity contribution in [2.75, 3.05) is 6.26 Å². The monoisotopic (exact) mass is 379 g/mol. The highest BCUT2D eigenvalue weighted by Gasteiger charge is 2.49. The number of benzene rings is 2. The lowest BCUT2D eigenvalue weighted by Gasteiger charge is -2.34. The van der Waals surface area contributed by atoms with E-state index in [0.29, 0.717) is 0 Å². The molecule has 142 valence electrons. The van der Waals surface area contributed by atoms with Gasteiger partial charge in [0.05, 0.1) is 5.54 Å². The summed E-state index contributed by atoms with van der Waals surface area (Å²) in [5, 5.41) is 1.01. The Balaban J connectivity index is 2.39. The lowest BCUT2D eigenvalue weighted by atomic mass is 9.82. The predicted molar refractivity (Wildman–Crippen MR) is 119 cm³/mol. The predicted octanol–water partition coefficient (Wildman–Crippen LogP) is 5.57. The van der Waals surface area contributed by atoms with E-state index in [-0.39, 0.29) is 11.6 Å². The van der Waals surface area contributed by atoms with Crippen LogP contribution in [0, 0.1) is 0 Å². The fourth-order valence-corrected chi connectivity index (χ4v) is 4.21. The standard InChI is InChI=1S/C23H29N3S/c1-17(2)26-20(24-22(3,4)5)23(25-21(26)27-6,18-13-9-7-10-14-18)19-15-11-8-12-16-19/h7-17H,1-6H3. The van der Waals surface area contributed by atoms with Crippen LogP contribution in [0.2, 0.25) is 0 Å². The van der Waals surface area contributed by atoms with Gasteiger partial charge in [0.1, 0.15) is 5.84 Å². The third-order valence-corrected chi connectivity index (χ3v) is 5.20. The van der Waals surface area contributed by atoms with Gasteiger partial charge in [-0.05, 0) is 52.0 Å². The molecule has 0 saturated carbocycles.